The fourth-order valence-corrected chi connectivity index (χ4v) is 2.91. The van der Waals surface area contributed by atoms with E-state index in [1.807, 2.05) is 12.1 Å². The van der Waals surface area contributed by atoms with Crippen LogP contribution in [0.5, 0.6) is 0 Å². The minimum Gasteiger partial charge on any atom is -0.325 e. The average Bonchev–Trinajstić information content (AvgIpc) is 2.69. The molecule has 1 aliphatic heterocycles. The van der Waals surface area contributed by atoms with Crippen LogP contribution in [0, 0.1) is 3.57 Å². The molecule has 1 fully saturated rings. The van der Waals surface area contributed by atoms with Crippen LogP contribution in [0.15, 0.2) is 34.7 Å². The highest BCUT2D eigenvalue weighted by Gasteiger charge is 2.36. The predicted octanol–water partition coefficient (Wildman–Crippen LogP) is 3.22. The van der Waals surface area contributed by atoms with Gasteiger partial charge in [0.25, 0.3) is 11.1 Å². The van der Waals surface area contributed by atoms with E-state index in [1.54, 1.807) is 26.0 Å². The summed E-state index contributed by atoms with van der Waals surface area (Å²) in [6.45, 7) is 3.26. The number of halogens is 1. The summed E-state index contributed by atoms with van der Waals surface area (Å²) in [4.78, 5) is 37.1. The van der Waals surface area contributed by atoms with Gasteiger partial charge in [-0.05, 0) is 72.5 Å². The van der Waals surface area contributed by atoms with Gasteiger partial charge >= 0.3 is 0 Å². The van der Waals surface area contributed by atoms with Crippen LogP contribution in [0.2, 0.25) is 0 Å². The number of anilines is 1. The van der Waals surface area contributed by atoms with Crippen molar-refractivity contribution in [1.29, 1.82) is 0 Å². The summed E-state index contributed by atoms with van der Waals surface area (Å²) in [5.41, 5.74) is 1.41. The number of allylic oxidation sites excluding steroid dienone is 1. The molecule has 0 bridgehead atoms. The molecule has 3 amide bonds. The van der Waals surface area contributed by atoms with Gasteiger partial charge in [0.05, 0.1) is 4.91 Å². The van der Waals surface area contributed by atoms with Gasteiger partial charge in [-0.25, -0.2) is 0 Å². The molecular weight excluding hydrogens is 403 g/mol. The Kier molecular flexibility index (Phi) is 5.04. The molecular formula is C14H13IN2O3S. The van der Waals surface area contributed by atoms with E-state index >= 15 is 0 Å². The summed E-state index contributed by atoms with van der Waals surface area (Å²) in [5, 5.41) is 2.26. The third-order valence-corrected chi connectivity index (χ3v) is 4.63. The quantitative estimate of drug-likeness (QED) is 0.607. The highest BCUT2D eigenvalue weighted by Crippen LogP contribution is 2.32. The van der Waals surface area contributed by atoms with Crippen LogP contribution in [-0.2, 0) is 9.59 Å². The number of hydrogen-bond acceptors (Lipinski definition) is 4. The number of rotatable bonds is 3. The van der Waals surface area contributed by atoms with Crippen molar-refractivity contribution in [3.05, 3.63) is 38.3 Å². The lowest BCUT2D eigenvalue weighted by atomic mass is 10.3. The van der Waals surface area contributed by atoms with Crippen LogP contribution in [0.1, 0.15) is 13.8 Å². The monoisotopic (exact) mass is 416 g/mol. The highest BCUT2D eigenvalue weighted by atomic mass is 127. The number of thioether (sulfide) groups is 1. The number of carbonyl (C=O) groups is 3. The molecule has 1 aromatic rings. The van der Waals surface area contributed by atoms with Crippen LogP contribution in [0.4, 0.5) is 10.5 Å². The third-order valence-electron chi connectivity index (χ3n) is 2.73. The van der Waals surface area contributed by atoms with E-state index in [0.29, 0.717) is 10.6 Å². The minimum atomic E-state index is -0.408. The van der Waals surface area contributed by atoms with E-state index in [-0.39, 0.29) is 6.54 Å². The number of nitrogens with one attached hydrogen (secondary N) is 1. The Bertz CT molecular complexity index is 636. The Labute approximate surface area is 140 Å². The summed E-state index contributed by atoms with van der Waals surface area (Å²) in [6.07, 6.45) is 0. The van der Waals surface area contributed by atoms with E-state index in [1.165, 1.54) is 0 Å². The summed E-state index contributed by atoms with van der Waals surface area (Å²) in [5.74, 6) is -0.795. The molecule has 1 N–H and O–H groups in total. The van der Waals surface area contributed by atoms with E-state index in [4.69, 9.17) is 0 Å². The van der Waals surface area contributed by atoms with Gasteiger partial charge in [-0.3, -0.25) is 19.3 Å². The van der Waals surface area contributed by atoms with E-state index in [9.17, 15) is 14.4 Å². The molecule has 7 heteroatoms. The standard InChI is InChI=1S/C14H13IN2O3S/c1-8(2)12-13(19)17(14(20)21-12)7-11(18)16-10-5-3-9(15)4-6-10/h3-6H,7H2,1-2H3,(H,16,18). The first-order valence-electron chi connectivity index (χ1n) is 6.15. The van der Waals surface area contributed by atoms with Gasteiger partial charge in [-0.2, -0.15) is 0 Å². The van der Waals surface area contributed by atoms with Gasteiger partial charge in [0.15, 0.2) is 0 Å². The molecule has 0 aliphatic carbocycles. The maximum absolute atomic E-state index is 12.0. The van der Waals surface area contributed by atoms with Gasteiger partial charge in [0.2, 0.25) is 5.91 Å². The molecule has 21 heavy (non-hydrogen) atoms. The zero-order valence-electron chi connectivity index (χ0n) is 11.5. The normalized spacial score (nSPS) is 14.6. The lowest BCUT2D eigenvalue weighted by Crippen LogP contribution is -2.36. The number of nitrogens with zero attached hydrogens (tertiary/aromatic N) is 1. The Hall–Kier alpha value is -1.35. The second kappa shape index (κ2) is 6.61. The SMILES string of the molecule is CC(C)=C1SC(=O)N(CC(=O)Nc2ccc(I)cc2)C1=O. The van der Waals surface area contributed by atoms with Gasteiger partial charge < -0.3 is 5.32 Å². The van der Waals surface area contributed by atoms with Gasteiger partial charge in [-0.15, -0.1) is 0 Å². The van der Waals surface area contributed by atoms with Crippen molar-refractivity contribution in [2.75, 3.05) is 11.9 Å². The van der Waals surface area contributed by atoms with Crippen molar-refractivity contribution in [2.24, 2.45) is 0 Å². The molecule has 0 spiro atoms. The maximum atomic E-state index is 12.0. The van der Waals surface area contributed by atoms with Crippen molar-refractivity contribution >= 4 is 57.1 Å². The predicted molar refractivity (Wildman–Crippen MR) is 90.9 cm³/mol. The molecule has 2 rings (SSSR count). The topological polar surface area (TPSA) is 66.5 Å². The number of benzene rings is 1. The Morgan fingerprint density at radius 2 is 1.86 bits per heavy atom. The van der Waals surface area contributed by atoms with Crippen LogP contribution in [-0.4, -0.2) is 28.5 Å². The molecule has 1 heterocycles. The molecule has 0 unspecified atom stereocenters. The van der Waals surface area contributed by atoms with Crippen molar-refractivity contribution in [3.8, 4) is 0 Å². The molecule has 0 saturated carbocycles. The third kappa shape index (κ3) is 3.85. The lowest BCUT2D eigenvalue weighted by Gasteiger charge is -2.12. The largest absolute Gasteiger partial charge is 0.325 e. The fraction of sp³-hybridized carbons (Fsp3) is 0.214. The van der Waals surface area contributed by atoms with Crippen molar-refractivity contribution in [3.63, 3.8) is 0 Å². The first kappa shape index (κ1) is 16.0. The maximum Gasteiger partial charge on any atom is 0.294 e. The van der Waals surface area contributed by atoms with Gasteiger partial charge in [0.1, 0.15) is 6.54 Å². The Morgan fingerprint density at radius 3 is 2.38 bits per heavy atom. The summed E-state index contributed by atoms with van der Waals surface area (Å²) < 4.78 is 1.06. The highest BCUT2D eigenvalue weighted by molar-refractivity contribution is 14.1. The molecule has 110 valence electrons. The molecule has 5 nitrogen and oxygen atoms in total. The van der Waals surface area contributed by atoms with Gasteiger partial charge in [-0.1, -0.05) is 5.57 Å². The number of amides is 3. The smallest absolute Gasteiger partial charge is 0.294 e. The summed E-state index contributed by atoms with van der Waals surface area (Å²) in [7, 11) is 0. The van der Waals surface area contributed by atoms with Crippen LogP contribution in [0.3, 0.4) is 0 Å². The van der Waals surface area contributed by atoms with Crippen LogP contribution < -0.4 is 5.32 Å². The van der Waals surface area contributed by atoms with Crippen LogP contribution >= 0.6 is 34.4 Å². The minimum absolute atomic E-state index is 0.270. The van der Waals surface area contributed by atoms with Crippen molar-refractivity contribution in [1.82, 2.24) is 4.90 Å². The Morgan fingerprint density at radius 1 is 1.24 bits per heavy atom. The molecule has 1 aliphatic rings. The lowest BCUT2D eigenvalue weighted by molar-refractivity contribution is -0.127. The molecule has 1 saturated heterocycles. The van der Waals surface area contributed by atoms with E-state index < -0.39 is 17.1 Å². The Balaban J connectivity index is 2.03. The number of hydrogen-bond donors (Lipinski definition) is 1. The number of carbonyl (C=O) groups excluding carboxylic acids is 3. The zero-order valence-corrected chi connectivity index (χ0v) is 14.4. The number of imide groups is 1. The van der Waals surface area contributed by atoms with Crippen molar-refractivity contribution < 1.29 is 14.4 Å². The molecule has 1 aromatic carbocycles. The van der Waals surface area contributed by atoms with Crippen LogP contribution in [0.25, 0.3) is 0 Å². The average molecular weight is 416 g/mol. The zero-order chi connectivity index (χ0) is 15.6. The second-order valence-corrected chi connectivity index (χ2v) is 6.85. The van der Waals surface area contributed by atoms with E-state index in [2.05, 4.69) is 27.9 Å². The van der Waals surface area contributed by atoms with E-state index in [0.717, 1.165) is 25.8 Å². The first-order chi connectivity index (χ1) is 9.88. The molecule has 0 radical (unpaired) electrons. The second-order valence-electron chi connectivity index (χ2n) is 4.64. The summed E-state index contributed by atoms with van der Waals surface area (Å²) in [6, 6.07) is 7.26. The van der Waals surface area contributed by atoms with Crippen molar-refractivity contribution in [2.45, 2.75) is 13.8 Å². The molecule has 0 atom stereocenters. The van der Waals surface area contributed by atoms with Gasteiger partial charge in [0, 0.05) is 9.26 Å². The first-order valence-corrected chi connectivity index (χ1v) is 8.04. The molecule has 0 aromatic heterocycles. The fourth-order valence-electron chi connectivity index (χ4n) is 1.72. The summed E-state index contributed by atoms with van der Waals surface area (Å²) >= 11 is 3.04.